The normalized spacial score (nSPS) is 11.4. The SMILES string of the molecule is COc1cccc(NC(=S)Nc2ccc(CCNC[C@H](O)COc3ccccc3)cc2)c1. The number of aliphatic hydroxyl groups excluding tert-OH is 1. The van der Waals surface area contributed by atoms with Crippen molar-refractivity contribution in [1.82, 2.24) is 5.32 Å². The maximum atomic E-state index is 10.0. The highest BCUT2D eigenvalue weighted by Crippen LogP contribution is 2.17. The number of para-hydroxylation sites is 1. The van der Waals surface area contributed by atoms with Crippen LogP contribution in [-0.2, 0) is 6.42 Å². The number of rotatable bonds is 11. The predicted octanol–water partition coefficient (Wildman–Crippen LogP) is 4.08. The van der Waals surface area contributed by atoms with Crippen LogP contribution in [0, 0.1) is 0 Å². The second-order valence-corrected chi connectivity index (χ2v) is 7.65. The van der Waals surface area contributed by atoms with Crippen molar-refractivity contribution in [2.24, 2.45) is 0 Å². The van der Waals surface area contributed by atoms with Crippen molar-refractivity contribution >= 4 is 28.7 Å². The first-order valence-corrected chi connectivity index (χ1v) is 10.9. The molecule has 0 spiro atoms. The zero-order valence-electron chi connectivity index (χ0n) is 18.1. The third-order valence-corrected chi connectivity index (χ3v) is 4.90. The minimum atomic E-state index is -0.556. The highest BCUT2D eigenvalue weighted by atomic mass is 32.1. The van der Waals surface area contributed by atoms with Crippen LogP contribution in [0.1, 0.15) is 5.56 Å². The van der Waals surface area contributed by atoms with Crippen LogP contribution in [0.5, 0.6) is 11.5 Å². The fourth-order valence-electron chi connectivity index (χ4n) is 3.02. The Bertz CT molecular complexity index is 968. The van der Waals surface area contributed by atoms with Crippen molar-refractivity contribution in [1.29, 1.82) is 0 Å². The summed E-state index contributed by atoms with van der Waals surface area (Å²) in [5, 5.41) is 20.2. The molecule has 32 heavy (non-hydrogen) atoms. The van der Waals surface area contributed by atoms with E-state index in [2.05, 4.69) is 28.1 Å². The number of methoxy groups -OCH3 is 1. The molecule has 4 N–H and O–H groups in total. The van der Waals surface area contributed by atoms with Crippen LogP contribution in [0.4, 0.5) is 11.4 Å². The van der Waals surface area contributed by atoms with Gasteiger partial charge in [0.1, 0.15) is 24.2 Å². The summed E-state index contributed by atoms with van der Waals surface area (Å²) in [6.45, 7) is 1.52. The number of anilines is 2. The number of thiocarbonyl (C=S) groups is 1. The molecule has 0 heterocycles. The van der Waals surface area contributed by atoms with Gasteiger partial charge in [0.25, 0.3) is 0 Å². The largest absolute Gasteiger partial charge is 0.497 e. The van der Waals surface area contributed by atoms with Crippen molar-refractivity contribution in [3.63, 3.8) is 0 Å². The summed E-state index contributed by atoms with van der Waals surface area (Å²) in [4.78, 5) is 0. The average Bonchev–Trinajstić information content (AvgIpc) is 2.82. The lowest BCUT2D eigenvalue weighted by Crippen LogP contribution is -2.32. The van der Waals surface area contributed by atoms with Crippen LogP contribution < -0.4 is 25.4 Å². The van der Waals surface area contributed by atoms with Crippen molar-refractivity contribution in [2.75, 3.05) is 37.4 Å². The van der Waals surface area contributed by atoms with Gasteiger partial charge < -0.3 is 30.5 Å². The molecule has 0 aliphatic carbocycles. The van der Waals surface area contributed by atoms with Gasteiger partial charge in [-0.05, 0) is 67.1 Å². The molecule has 0 amide bonds. The third kappa shape index (κ3) is 8.19. The van der Waals surface area contributed by atoms with Gasteiger partial charge in [-0.2, -0.15) is 0 Å². The van der Waals surface area contributed by atoms with Gasteiger partial charge >= 0.3 is 0 Å². The second kappa shape index (κ2) is 12.7. The van der Waals surface area contributed by atoms with E-state index in [0.29, 0.717) is 11.7 Å². The Morgan fingerprint density at radius 3 is 2.38 bits per heavy atom. The molecule has 1 atom stereocenters. The standard InChI is InChI=1S/C25H29N3O3S/c1-30-24-9-5-6-21(16-24)28-25(32)27-20-12-10-19(11-13-20)14-15-26-17-22(29)18-31-23-7-3-2-4-8-23/h2-13,16,22,26,29H,14-15,17-18H2,1H3,(H2,27,28,32)/t22-/m0/s1. The molecule has 0 aromatic heterocycles. The molecule has 3 aromatic rings. The second-order valence-electron chi connectivity index (χ2n) is 7.24. The van der Waals surface area contributed by atoms with E-state index in [1.807, 2.05) is 66.7 Å². The van der Waals surface area contributed by atoms with Gasteiger partial charge in [0.05, 0.1) is 7.11 Å². The number of nitrogens with one attached hydrogen (secondary N) is 3. The van der Waals surface area contributed by atoms with E-state index in [9.17, 15) is 5.11 Å². The lowest BCUT2D eigenvalue weighted by atomic mass is 10.1. The Morgan fingerprint density at radius 2 is 1.62 bits per heavy atom. The van der Waals surface area contributed by atoms with Gasteiger partial charge in [-0.1, -0.05) is 36.4 Å². The first-order chi connectivity index (χ1) is 15.6. The summed E-state index contributed by atoms with van der Waals surface area (Å²) in [6.07, 6.45) is 0.304. The Hall–Kier alpha value is -3.13. The monoisotopic (exact) mass is 451 g/mol. The van der Waals surface area contributed by atoms with E-state index in [1.54, 1.807) is 7.11 Å². The highest BCUT2D eigenvalue weighted by molar-refractivity contribution is 7.80. The lowest BCUT2D eigenvalue weighted by molar-refractivity contribution is 0.106. The van der Waals surface area contributed by atoms with Crippen molar-refractivity contribution in [2.45, 2.75) is 12.5 Å². The molecule has 0 aliphatic heterocycles. The molecule has 0 aliphatic rings. The molecule has 168 valence electrons. The fourth-order valence-corrected chi connectivity index (χ4v) is 3.25. The first-order valence-electron chi connectivity index (χ1n) is 10.5. The maximum Gasteiger partial charge on any atom is 0.175 e. The van der Waals surface area contributed by atoms with Gasteiger partial charge in [0.2, 0.25) is 0 Å². The molecule has 6 nitrogen and oxygen atoms in total. The Balaban J connectivity index is 1.34. The van der Waals surface area contributed by atoms with Crippen LogP contribution in [0.3, 0.4) is 0 Å². The third-order valence-electron chi connectivity index (χ3n) is 4.70. The number of benzene rings is 3. The summed E-state index contributed by atoms with van der Waals surface area (Å²) in [6, 6.07) is 25.2. The van der Waals surface area contributed by atoms with Crippen LogP contribution in [-0.4, -0.2) is 43.1 Å². The number of aliphatic hydroxyl groups is 1. The van der Waals surface area contributed by atoms with E-state index in [4.69, 9.17) is 21.7 Å². The summed E-state index contributed by atoms with van der Waals surface area (Å²) < 4.78 is 10.8. The molecular weight excluding hydrogens is 422 g/mol. The van der Waals surface area contributed by atoms with Crippen molar-refractivity contribution in [3.05, 3.63) is 84.4 Å². The molecule has 0 fully saturated rings. The number of hydrogen-bond donors (Lipinski definition) is 4. The first kappa shape index (κ1) is 23.5. The topological polar surface area (TPSA) is 74.8 Å². The summed E-state index contributed by atoms with van der Waals surface area (Å²) in [5.41, 5.74) is 2.97. The molecule has 0 saturated carbocycles. The molecule has 3 aromatic carbocycles. The van der Waals surface area contributed by atoms with Gasteiger partial charge in [-0.15, -0.1) is 0 Å². The predicted molar refractivity (Wildman–Crippen MR) is 134 cm³/mol. The molecule has 0 unspecified atom stereocenters. The Morgan fingerprint density at radius 1 is 0.906 bits per heavy atom. The summed E-state index contributed by atoms with van der Waals surface area (Å²) in [7, 11) is 1.63. The summed E-state index contributed by atoms with van der Waals surface area (Å²) in [5.74, 6) is 1.53. The van der Waals surface area contributed by atoms with Crippen LogP contribution in [0.25, 0.3) is 0 Å². The van der Waals surface area contributed by atoms with Crippen LogP contribution in [0.2, 0.25) is 0 Å². The van der Waals surface area contributed by atoms with Crippen LogP contribution in [0.15, 0.2) is 78.9 Å². The minimum absolute atomic E-state index is 0.265. The molecular formula is C25H29N3O3S. The Labute approximate surface area is 194 Å². The van der Waals surface area contributed by atoms with E-state index >= 15 is 0 Å². The highest BCUT2D eigenvalue weighted by Gasteiger charge is 2.05. The average molecular weight is 452 g/mol. The fraction of sp³-hybridized carbons (Fsp3) is 0.240. The molecule has 3 rings (SSSR count). The number of hydrogen-bond acceptors (Lipinski definition) is 5. The Kier molecular flexibility index (Phi) is 9.31. The quantitative estimate of drug-likeness (QED) is 0.259. The molecule has 7 heteroatoms. The van der Waals surface area contributed by atoms with Gasteiger partial charge in [0, 0.05) is 24.0 Å². The van der Waals surface area contributed by atoms with Crippen molar-refractivity contribution in [3.8, 4) is 11.5 Å². The lowest BCUT2D eigenvalue weighted by Gasteiger charge is -2.14. The zero-order valence-corrected chi connectivity index (χ0v) is 18.9. The van der Waals surface area contributed by atoms with E-state index in [-0.39, 0.29) is 6.61 Å². The van der Waals surface area contributed by atoms with E-state index < -0.39 is 6.10 Å². The summed E-state index contributed by atoms with van der Waals surface area (Å²) >= 11 is 5.39. The molecule has 0 radical (unpaired) electrons. The minimum Gasteiger partial charge on any atom is -0.497 e. The number of ether oxygens (including phenoxy) is 2. The van der Waals surface area contributed by atoms with Gasteiger partial charge in [0.15, 0.2) is 5.11 Å². The van der Waals surface area contributed by atoms with Gasteiger partial charge in [-0.25, -0.2) is 0 Å². The molecule has 0 saturated heterocycles. The van der Waals surface area contributed by atoms with Crippen molar-refractivity contribution < 1.29 is 14.6 Å². The smallest absolute Gasteiger partial charge is 0.175 e. The van der Waals surface area contributed by atoms with Gasteiger partial charge in [-0.3, -0.25) is 0 Å². The van der Waals surface area contributed by atoms with E-state index in [0.717, 1.165) is 35.8 Å². The zero-order chi connectivity index (χ0) is 22.6. The maximum absolute atomic E-state index is 10.0. The van der Waals surface area contributed by atoms with E-state index in [1.165, 1.54) is 5.56 Å². The molecule has 0 bridgehead atoms. The van der Waals surface area contributed by atoms with Crippen LogP contribution >= 0.6 is 12.2 Å².